The van der Waals surface area contributed by atoms with E-state index in [0.29, 0.717) is 17.6 Å². The Morgan fingerprint density at radius 2 is 1.96 bits per heavy atom. The van der Waals surface area contributed by atoms with Crippen molar-refractivity contribution in [1.29, 1.82) is 0 Å². The summed E-state index contributed by atoms with van der Waals surface area (Å²) in [6.07, 6.45) is 0.697. The standard InChI is InChI=1S/C19H16ClFN2O5/c20-12-8-10(2-3-13(12)21)9-22-6-4-11-14(17(22)25)16(24)18(26)23-5-1-7-28-19(27)15(11)23/h2-3,8,14H,1,4-7,9H2. The molecule has 0 aliphatic carbocycles. The molecule has 2 fully saturated rings. The predicted octanol–water partition coefficient (Wildman–Crippen LogP) is 1.44. The van der Waals surface area contributed by atoms with E-state index in [9.17, 15) is 23.6 Å². The minimum Gasteiger partial charge on any atom is -0.461 e. The molecular weight excluding hydrogens is 391 g/mol. The van der Waals surface area contributed by atoms with Gasteiger partial charge in [-0.2, -0.15) is 0 Å². The molecule has 0 radical (unpaired) electrons. The lowest BCUT2D eigenvalue weighted by atomic mass is 9.82. The predicted molar refractivity (Wildman–Crippen MR) is 94.3 cm³/mol. The van der Waals surface area contributed by atoms with Gasteiger partial charge in [0.25, 0.3) is 5.91 Å². The van der Waals surface area contributed by atoms with E-state index < -0.39 is 35.3 Å². The third-order valence-electron chi connectivity index (χ3n) is 5.16. The van der Waals surface area contributed by atoms with Gasteiger partial charge in [-0.15, -0.1) is 0 Å². The molecule has 0 bridgehead atoms. The summed E-state index contributed by atoms with van der Waals surface area (Å²) in [4.78, 5) is 53.0. The number of hydrogen-bond donors (Lipinski definition) is 0. The average Bonchev–Trinajstić information content (AvgIpc) is 2.86. The highest BCUT2D eigenvalue weighted by molar-refractivity contribution is 6.43. The molecule has 3 aliphatic heterocycles. The zero-order valence-corrected chi connectivity index (χ0v) is 15.5. The summed E-state index contributed by atoms with van der Waals surface area (Å²) >= 11 is 5.79. The van der Waals surface area contributed by atoms with Gasteiger partial charge >= 0.3 is 5.97 Å². The fourth-order valence-corrected chi connectivity index (χ4v) is 4.03. The topological polar surface area (TPSA) is 84.0 Å². The molecule has 1 unspecified atom stereocenters. The number of cyclic esters (lactones) is 1. The number of piperidine rings is 1. The molecular formula is C19H16ClFN2O5. The van der Waals surface area contributed by atoms with Crippen LogP contribution in [0.4, 0.5) is 4.39 Å². The number of esters is 1. The van der Waals surface area contributed by atoms with Crippen LogP contribution in [0.3, 0.4) is 0 Å². The molecule has 1 atom stereocenters. The summed E-state index contributed by atoms with van der Waals surface area (Å²) in [6.45, 7) is 0.733. The van der Waals surface area contributed by atoms with Gasteiger partial charge in [0, 0.05) is 19.6 Å². The fourth-order valence-electron chi connectivity index (χ4n) is 3.82. The zero-order valence-electron chi connectivity index (χ0n) is 14.7. The van der Waals surface area contributed by atoms with Gasteiger partial charge in [-0.3, -0.25) is 19.3 Å². The Balaban J connectivity index is 1.67. The van der Waals surface area contributed by atoms with Gasteiger partial charge in [0.1, 0.15) is 17.4 Å². The van der Waals surface area contributed by atoms with Crippen LogP contribution in [0, 0.1) is 11.7 Å². The van der Waals surface area contributed by atoms with Crippen LogP contribution in [-0.4, -0.2) is 53.1 Å². The van der Waals surface area contributed by atoms with Gasteiger partial charge in [-0.05, 0) is 36.1 Å². The van der Waals surface area contributed by atoms with Crippen molar-refractivity contribution in [2.75, 3.05) is 19.7 Å². The average molecular weight is 407 g/mol. The Bertz CT molecular complexity index is 944. The van der Waals surface area contributed by atoms with Crippen molar-refractivity contribution in [3.05, 3.63) is 45.9 Å². The van der Waals surface area contributed by atoms with Crippen LogP contribution in [0.5, 0.6) is 0 Å². The number of fused-ring (bicyclic) bond motifs is 2. The van der Waals surface area contributed by atoms with Crippen LogP contribution >= 0.6 is 11.6 Å². The molecule has 0 spiro atoms. The van der Waals surface area contributed by atoms with Gasteiger partial charge in [-0.25, -0.2) is 9.18 Å². The lowest BCUT2D eigenvalue weighted by Crippen LogP contribution is -2.54. The maximum Gasteiger partial charge on any atom is 0.355 e. The van der Waals surface area contributed by atoms with E-state index in [1.54, 1.807) is 0 Å². The number of amides is 2. The summed E-state index contributed by atoms with van der Waals surface area (Å²) in [7, 11) is 0. The summed E-state index contributed by atoms with van der Waals surface area (Å²) in [6, 6.07) is 4.12. The summed E-state index contributed by atoms with van der Waals surface area (Å²) in [5.41, 5.74) is 0.973. The normalized spacial score (nSPS) is 22.7. The molecule has 1 aromatic carbocycles. The minimum atomic E-state index is -1.31. The van der Waals surface area contributed by atoms with Gasteiger partial charge in [0.05, 0.1) is 11.6 Å². The van der Waals surface area contributed by atoms with Crippen LogP contribution in [0.1, 0.15) is 18.4 Å². The van der Waals surface area contributed by atoms with Crippen LogP contribution in [0.25, 0.3) is 0 Å². The number of hydrogen-bond acceptors (Lipinski definition) is 5. The van der Waals surface area contributed by atoms with Crippen molar-refractivity contribution in [3.8, 4) is 0 Å². The van der Waals surface area contributed by atoms with Crippen molar-refractivity contribution in [3.63, 3.8) is 0 Å². The second kappa shape index (κ2) is 7.01. The highest BCUT2D eigenvalue weighted by Gasteiger charge is 2.50. The molecule has 0 N–H and O–H groups in total. The summed E-state index contributed by atoms with van der Waals surface area (Å²) < 4.78 is 18.5. The Hall–Kier alpha value is -2.74. The highest BCUT2D eigenvalue weighted by Crippen LogP contribution is 2.36. The zero-order chi connectivity index (χ0) is 20.0. The SMILES string of the molecule is O=C1OCCCN2C(=O)C(=O)C3C(=O)N(Cc4ccc(F)c(Cl)c4)CCC3=C12. The number of halogens is 2. The molecule has 146 valence electrons. The lowest BCUT2D eigenvalue weighted by molar-refractivity contribution is -0.154. The highest BCUT2D eigenvalue weighted by atomic mass is 35.5. The van der Waals surface area contributed by atoms with Crippen molar-refractivity contribution < 1.29 is 28.3 Å². The Labute approximate surface area is 164 Å². The molecule has 9 heteroatoms. The largest absolute Gasteiger partial charge is 0.461 e. The van der Waals surface area contributed by atoms with Crippen molar-refractivity contribution in [2.45, 2.75) is 19.4 Å². The number of ketones is 1. The van der Waals surface area contributed by atoms with E-state index in [4.69, 9.17) is 16.3 Å². The molecule has 2 amide bonds. The third-order valence-corrected chi connectivity index (χ3v) is 5.45. The van der Waals surface area contributed by atoms with Crippen molar-refractivity contribution in [1.82, 2.24) is 9.80 Å². The molecule has 0 aromatic heterocycles. The lowest BCUT2D eigenvalue weighted by Gasteiger charge is -2.39. The van der Waals surface area contributed by atoms with E-state index in [0.717, 1.165) is 4.90 Å². The molecule has 4 rings (SSSR count). The summed E-state index contributed by atoms with van der Waals surface area (Å²) in [5, 5.41) is -0.0643. The molecule has 28 heavy (non-hydrogen) atoms. The first-order chi connectivity index (χ1) is 13.4. The second-order valence-electron chi connectivity index (χ2n) is 6.88. The van der Waals surface area contributed by atoms with E-state index in [-0.39, 0.29) is 43.4 Å². The smallest absolute Gasteiger partial charge is 0.355 e. The Morgan fingerprint density at radius 1 is 1.18 bits per heavy atom. The van der Waals surface area contributed by atoms with E-state index in [2.05, 4.69) is 0 Å². The van der Waals surface area contributed by atoms with E-state index in [1.807, 2.05) is 0 Å². The number of rotatable bonds is 2. The molecule has 2 saturated heterocycles. The molecule has 7 nitrogen and oxygen atoms in total. The second-order valence-corrected chi connectivity index (χ2v) is 7.28. The quantitative estimate of drug-likeness (QED) is 0.421. The number of carbonyl (C=O) groups is 4. The Kier molecular flexibility index (Phi) is 4.66. The third kappa shape index (κ3) is 2.97. The minimum absolute atomic E-state index is 0.0323. The first kappa shape index (κ1) is 18.6. The number of likely N-dealkylation sites (tertiary alicyclic amines) is 1. The molecule has 0 saturated carbocycles. The fraction of sp³-hybridized carbons (Fsp3) is 0.368. The van der Waals surface area contributed by atoms with Crippen LogP contribution in [0.2, 0.25) is 5.02 Å². The number of carbonyl (C=O) groups excluding carboxylic acids is 4. The van der Waals surface area contributed by atoms with Gasteiger partial charge in [-0.1, -0.05) is 17.7 Å². The maximum atomic E-state index is 13.3. The van der Waals surface area contributed by atoms with Crippen molar-refractivity contribution in [2.24, 2.45) is 5.92 Å². The van der Waals surface area contributed by atoms with Crippen molar-refractivity contribution >= 4 is 35.2 Å². The van der Waals surface area contributed by atoms with Crippen LogP contribution < -0.4 is 0 Å². The monoisotopic (exact) mass is 406 g/mol. The summed E-state index contributed by atoms with van der Waals surface area (Å²) in [5.74, 6) is -4.80. The van der Waals surface area contributed by atoms with Crippen LogP contribution in [0.15, 0.2) is 29.5 Å². The van der Waals surface area contributed by atoms with E-state index >= 15 is 0 Å². The number of nitrogens with zero attached hydrogens (tertiary/aromatic N) is 2. The number of benzene rings is 1. The van der Waals surface area contributed by atoms with Gasteiger partial charge < -0.3 is 9.64 Å². The van der Waals surface area contributed by atoms with E-state index in [1.165, 1.54) is 23.1 Å². The molecule has 1 aromatic rings. The number of Topliss-reactive ketones (excluding diaryl/α,β-unsaturated/α-hetero) is 1. The van der Waals surface area contributed by atoms with Gasteiger partial charge in [0.15, 0.2) is 0 Å². The Morgan fingerprint density at radius 3 is 2.71 bits per heavy atom. The number of ether oxygens (including phenoxy) is 1. The first-order valence-corrected chi connectivity index (χ1v) is 9.25. The maximum absolute atomic E-state index is 13.3. The van der Waals surface area contributed by atoms with Crippen LogP contribution in [-0.2, 0) is 30.5 Å². The molecule has 3 heterocycles. The first-order valence-electron chi connectivity index (χ1n) is 8.87. The van der Waals surface area contributed by atoms with Gasteiger partial charge in [0.2, 0.25) is 11.7 Å². The molecule has 3 aliphatic rings.